The topological polar surface area (TPSA) is 117 Å². The molecule has 2 N–H and O–H groups in total. The van der Waals surface area contributed by atoms with Crippen molar-refractivity contribution >= 4 is 29.2 Å². The predicted molar refractivity (Wildman–Crippen MR) is 165 cm³/mol. The molecule has 44 heavy (non-hydrogen) atoms. The lowest BCUT2D eigenvalue weighted by molar-refractivity contribution is -0.137. The molecule has 2 aromatic rings. The Morgan fingerprint density at radius 3 is 2.48 bits per heavy atom. The number of fused-ring (bicyclic) bond motifs is 1. The third-order valence-corrected chi connectivity index (χ3v) is 9.49. The number of carbonyl (C=O) groups is 4. The van der Waals surface area contributed by atoms with E-state index in [4.69, 9.17) is 0 Å². The Bertz CT molecular complexity index is 1360. The first kappa shape index (κ1) is 31.8. The summed E-state index contributed by atoms with van der Waals surface area (Å²) in [7, 11) is 2.00. The number of Topliss-reactive ketones (excluding diaryl/α,β-unsaturated/α-hetero) is 1. The number of ketones is 1. The van der Waals surface area contributed by atoms with Crippen LogP contribution in [0, 0.1) is 17.7 Å². The van der Waals surface area contributed by atoms with Crippen LogP contribution < -0.4 is 10.6 Å². The summed E-state index contributed by atoms with van der Waals surface area (Å²) in [5.74, 6) is -1.98. The van der Waals surface area contributed by atoms with Crippen LogP contribution in [-0.2, 0) is 33.8 Å². The number of aromatic nitrogens is 2. The van der Waals surface area contributed by atoms with E-state index in [9.17, 15) is 19.2 Å². The van der Waals surface area contributed by atoms with E-state index < -0.39 is 17.8 Å². The summed E-state index contributed by atoms with van der Waals surface area (Å²) >= 11 is 0. The fourth-order valence-electron chi connectivity index (χ4n) is 6.81. The molecule has 1 aromatic carbocycles. The summed E-state index contributed by atoms with van der Waals surface area (Å²) in [5.41, 5.74) is 2.12. The number of carbonyl (C=O) groups excluding carboxylic acids is 4. The van der Waals surface area contributed by atoms with E-state index >= 15 is 4.39 Å². The molecule has 5 rings (SSSR count). The number of nitrogens with zero attached hydrogens (tertiary/aromatic N) is 4. The second-order valence-electron chi connectivity index (χ2n) is 12.6. The van der Waals surface area contributed by atoms with Gasteiger partial charge in [-0.05, 0) is 56.3 Å². The van der Waals surface area contributed by atoms with Crippen molar-refractivity contribution < 1.29 is 23.6 Å². The molecule has 1 aromatic heterocycles. The molecular weight excluding hydrogens is 563 g/mol. The SMILES string of the molecule is CCC(=O)N[C@H](Cc1ccc(NC(=O)[C@@H](CC(=O)c2cnn3c2CCC3)C2CCCCC2)c(F)c1)C(=O)N1CCN(C)CC1. The summed E-state index contributed by atoms with van der Waals surface area (Å²) < 4.78 is 17.3. The number of benzene rings is 1. The highest BCUT2D eigenvalue weighted by Gasteiger charge is 2.34. The fraction of sp³-hybridized carbons (Fsp3) is 0.606. The fourth-order valence-corrected chi connectivity index (χ4v) is 6.81. The number of hydrogen-bond donors (Lipinski definition) is 2. The van der Waals surface area contributed by atoms with Gasteiger partial charge in [-0.2, -0.15) is 5.10 Å². The Hall–Kier alpha value is -3.60. The number of halogens is 1. The number of likely N-dealkylation sites (N-methyl/N-ethyl adjacent to an activating group) is 1. The molecule has 11 heteroatoms. The lowest BCUT2D eigenvalue weighted by Crippen LogP contribution is -2.54. The van der Waals surface area contributed by atoms with Gasteiger partial charge >= 0.3 is 0 Å². The molecule has 2 aliphatic heterocycles. The van der Waals surface area contributed by atoms with E-state index in [2.05, 4.69) is 20.6 Å². The number of hydrogen-bond acceptors (Lipinski definition) is 6. The van der Waals surface area contributed by atoms with E-state index in [1.54, 1.807) is 24.1 Å². The van der Waals surface area contributed by atoms with Crippen molar-refractivity contribution in [2.45, 2.75) is 83.7 Å². The zero-order chi connectivity index (χ0) is 31.2. The van der Waals surface area contributed by atoms with Crippen molar-refractivity contribution in [1.82, 2.24) is 24.9 Å². The smallest absolute Gasteiger partial charge is 0.245 e. The molecule has 1 saturated carbocycles. The molecule has 2 atom stereocenters. The van der Waals surface area contributed by atoms with Crippen LogP contribution in [0.3, 0.4) is 0 Å². The average molecular weight is 609 g/mol. The summed E-state index contributed by atoms with van der Waals surface area (Å²) in [6, 6.07) is 3.69. The first-order valence-electron chi connectivity index (χ1n) is 16.2. The highest BCUT2D eigenvalue weighted by atomic mass is 19.1. The number of rotatable bonds is 11. The van der Waals surface area contributed by atoms with Crippen LogP contribution in [0.15, 0.2) is 24.4 Å². The maximum Gasteiger partial charge on any atom is 0.245 e. The highest BCUT2D eigenvalue weighted by molar-refractivity contribution is 6.02. The number of amides is 3. The third kappa shape index (κ3) is 7.54. The maximum atomic E-state index is 15.4. The Morgan fingerprint density at radius 2 is 1.77 bits per heavy atom. The zero-order valence-electron chi connectivity index (χ0n) is 25.9. The van der Waals surface area contributed by atoms with Crippen molar-refractivity contribution in [2.75, 3.05) is 38.5 Å². The molecule has 10 nitrogen and oxygen atoms in total. The Kier molecular flexibility index (Phi) is 10.5. The minimum atomic E-state index is -0.808. The second kappa shape index (κ2) is 14.5. The lowest BCUT2D eigenvalue weighted by atomic mass is 9.77. The van der Waals surface area contributed by atoms with Gasteiger partial charge < -0.3 is 20.4 Å². The van der Waals surface area contributed by atoms with Crippen LogP contribution in [0.2, 0.25) is 0 Å². The summed E-state index contributed by atoms with van der Waals surface area (Å²) in [6.45, 7) is 5.17. The van der Waals surface area contributed by atoms with Gasteiger partial charge in [0.1, 0.15) is 11.9 Å². The average Bonchev–Trinajstić information content (AvgIpc) is 3.66. The van der Waals surface area contributed by atoms with Gasteiger partial charge in [-0.25, -0.2) is 4.39 Å². The molecule has 0 spiro atoms. The summed E-state index contributed by atoms with van der Waals surface area (Å²) in [6.07, 6.45) is 8.70. The van der Waals surface area contributed by atoms with Crippen molar-refractivity contribution in [3.05, 3.63) is 47.0 Å². The number of aryl methyl sites for hydroxylation is 1. The monoisotopic (exact) mass is 608 g/mol. The first-order valence-corrected chi connectivity index (χ1v) is 16.2. The van der Waals surface area contributed by atoms with Crippen LogP contribution in [0.5, 0.6) is 0 Å². The van der Waals surface area contributed by atoms with E-state index in [1.165, 1.54) is 12.1 Å². The van der Waals surface area contributed by atoms with Crippen LogP contribution in [-0.4, -0.2) is 82.4 Å². The van der Waals surface area contributed by atoms with Gasteiger partial charge in [0.2, 0.25) is 17.7 Å². The number of nitrogens with one attached hydrogen (secondary N) is 2. The molecule has 0 unspecified atom stereocenters. The van der Waals surface area contributed by atoms with E-state index in [0.29, 0.717) is 24.2 Å². The molecule has 1 aliphatic carbocycles. The van der Waals surface area contributed by atoms with Crippen molar-refractivity contribution in [1.29, 1.82) is 0 Å². The molecule has 1 saturated heterocycles. The first-order chi connectivity index (χ1) is 21.2. The second-order valence-corrected chi connectivity index (χ2v) is 12.6. The van der Waals surface area contributed by atoms with Crippen molar-refractivity contribution in [3.63, 3.8) is 0 Å². The summed E-state index contributed by atoms with van der Waals surface area (Å²) in [5, 5.41) is 9.94. The molecule has 2 fully saturated rings. The standard InChI is InChI=1S/C33H45FN6O4/c1-3-31(42)36-28(33(44)39-16-14-38(2)15-17-39)19-22-11-12-27(26(34)18-22)37-32(43)24(23-8-5-4-6-9-23)20-30(41)25-21-35-40-13-7-10-29(25)40/h11-12,18,21,23-24,28H,3-10,13-17,19-20H2,1-2H3,(H,36,42)(H,37,43)/t24-,28+/m0/s1. The molecule has 3 heterocycles. The van der Waals surface area contributed by atoms with Gasteiger partial charge in [-0.3, -0.25) is 23.9 Å². The van der Waals surface area contributed by atoms with Crippen LogP contribution >= 0.6 is 0 Å². The van der Waals surface area contributed by atoms with Gasteiger partial charge in [0.15, 0.2) is 5.78 Å². The van der Waals surface area contributed by atoms with Crippen molar-refractivity contribution in [3.8, 4) is 0 Å². The Labute approximate surface area is 258 Å². The van der Waals surface area contributed by atoms with Gasteiger partial charge in [-0.1, -0.05) is 32.3 Å². The number of anilines is 1. The van der Waals surface area contributed by atoms with E-state index in [0.717, 1.165) is 70.3 Å². The quantitative estimate of drug-likeness (QED) is 0.377. The summed E-state index contributed by atoms with van der Waals surface area (Å²) in [4.78, 5) is 56.5. The molecule has 0 bridgehead atoms. The maximum absolute atomic E-state index is 15.4. The third-order valence-electron chi connectivity index (χ3n) is 9.49. The van der Waals surface area contributed by atoms with Gasteiger partial charge in [0.25, 0.3) is 0 Å². The van der Waals surface area contributed by atoms with Gasteiger partial charge in [-0.15, -0.1) is 0 Å². The lowest BCUT2D eigenvalue weighted by Gasteiger charge is -2.34. The molecular formula is C33H45FN6O4. The predicted octanol–water partition coefficient (Wildman–Crippen LogP) is 3.59. The largest absolute Gasteiger partial charge is 0.344 e. The van der Waals surface area contributed by atoms with E-state index in [-0.39, 0.29) is 54.4 Å². The number of piperazine rings is 1. The molecule has 3 amide bonds. The van der Waals surface area contributed by atoms with Crippen LogP contribution in [0.25, 0.3) is 0 Å². The molecule has 238 valence electrons. The van der Waals surface area contributed by atoms with Crippen LogP contribution in [0.4, 0.5) is 10.1 Å². The Balaban J connectivity index is 1.28. The normalized spacial score (nSPS) is 18.8. The van der Waals surface area contributed by atoms with Gasteiger partial charge in [0, 0.05) is 63.6 Å². The minimum Gasteiger partial charge on any atom is -0.344 e. The molecule has 3 aliphatic rings. The highest BCUT2D eigenvalue weighted by Crippen LogP contribution is 2.34. The van der Waals surface area contributed by atoms with E-state index in [1.807, 2.05) is 11.7 Å². The van der Waals surface area contributed by atoms with Gasteiger partial charge in [0.05, 0.1) is 17.4 Å². The molecule has 0 radical (unpaired) electrons. The zero-order valence-corrected chi connectivity index (χ0v) is 25.9. The Morgan fingerprint density at radius 1 is 1.02 bits per heavy atom. The van der Waals surface area contributed by atoms with Crippen LogP contribution in [0.1, 0.15) is 79.9 Å². The minimum absolute atomic E-state index is 0.0398. The van der Waals surface area contributed by atoms with Crippen molar-refractivity contribution in [2.24, 2.45) is 11.8 Å².